The van der Waals surface area contributed by atoms with Crippen LogP contribution in [0.2, 0.25) is 0 Å². The van der Waals surface area contributed by atoms with Crippen molar-refractivity contribution in [2.75, 3.05) is 13.2 Å². The van der Waals surface area contributed by atoms with E-state index in [1.807, 2.05) is 0 Å². The van der Waals surface area contributed by atoms with Crippen LogP contribution in [0.25, 0.3) is 0 Å². The van der Waals surface area contributed by atoms with Crippen molar-refractivity contribution in [3.63, 3.8) is 0 Å². The number of unbranched alkanes of at least 4 members (excludes halogenated alkanes) is 32. The largest absolute Gasteiger partial charge is 0.462 e. The van der Waals surface area contributed by atoms with Gasteiger partial charge < -0.3 is 14.6 Å². The SMILES string of the molecule is CCCCCCCCCCCCCCCCCCC(=O)O[C@@H](CO)COC(=O)CCCCCCCCCCCCCCCCCCCCC(C)CC. The second-order valence-electron chi connectivity index (χ2n) is 16.4. The van der Waals surface area contributed by atoms with Crippen molar-refractivity contribution in [1.29, 1.82) is 0 Å². The highest BCUT2D eigenvalue weighted by Crippen LogP contribution is 2.18. The third-order valence-electron chi connectivity index (χ3n) is 11.2. The van der Waals surface area contributed by atoms with Crippen LogP contribution in [0.3, 0.4) is 0 Å². The number of hydrogen-bond acceptors (Lipinski definition) is 5. The van der Waals surface area contributed by atoms with Gasteiger partial charge in [0.2, 0.25) is 0 Å². The second kappa shape index (κ2) is 42.6. The number of aliphatic hydroxyl groups excluding tert-OH is 1. The highest BCUT2D eigenvalue weighted by atomic mass is 16.6. The Morgan fingerprint density at radius 3 is 1.08 bits per heavy atom. The fraction of sp³-hybridized carbons (Fsp3) is 0.957. The monoisotopic (exact) mass is 737 g/mol. The summed E-state index contributed by atoms with van der Waals surface area (Å²) in [6.45, 7) is 6.59. The van der Waals surface area contributed by atoms with Crippen LogP contribution in [0, 0.1) is 5.92 Å². The van der Waals surface area contributed by atoms with Gasteiger partial charge in [-0.3, -0.25) is 9.59 Å². The van der Waals surface area contributed by atoms with Gasteiger partial charge in [-0.2, -0.15) is 0 Å². The smallest absolute Gasteiger partial charge is 0.306 e. The van der Waals surface area contributed by atoms with E-state index in [1.165, 1.54) is 199 Å². The summed E-state index contributed by atoms with van der Waals surface area (Å²) in [5.41, 5.74) is 0. The highest BCUT2D eigenvalue weighted by molar-refractivity contribution is 5.70. The van der Waals surface area contributed by atoms with E-state index in [2.05, 4.69) is 20.8 Å². The summed E-state index contributed by atoms with van der Waals surface area (Å²) in [4.78, 5) is 24.4. The fourth-order valence-corrected chi connectivity index (χ4v) is 7.24. The molecule has 0 heterocycles. The van der Waals surface area contributed by atoms with Crippen molar-refractivity contribution >= 4 is 11.9 Å². The molecule has 0 rings (SSSR count). The lowest BCUT2D eigenvalue weighted by molar-refractivity contribution is -0.161. The number of esters is 2. The first-order chi connectivity index (χ1) is 25.5. The third kappa shape index (κ3) is 40.1. The van der Waals surface area contributed by atoms with Gasteiger partial charge in [0.25, 0.3) is 0 Å². The molecule has 0 spiro atoms. The number of aliphatic hydroxyl groups is 1. The summed E-state index contributed by atoms with van der Waals surface area (Å²) in [6, 6.07) is 0. The molecule has 0 aromatic carbocycles. The molecular weight excluding hydrogens is 645 g/mol. The van der Waals surface area contributed by atoms with Gasteiger partial charge in [0.05, 0.1) is 6.61 Å². The number of ether oxygens (including phenoxy) is 2. The first-order valence-electron chi connectivity index (χ1n) is 23.5. The topological polar surface area (TPSA) is 72.8 Å². The molecule has 0 bridgehead atoms. The van der Waals surface area contributed by atoms with Crippen LogP contribution < -0.4 is 0 Å². The molecule has 0 aromatic heterocycles. The Labute approximate surface area is 325 Å². The van der Waals surface area contributed by atoms with E-state index in [9.17, 15) is 14.7 Å². The molecular formula is C47H92O5. The summed E-state index contributed by atoms with van der Waals surface area (Å²) >= 11 is 0. The molecule has 0 radical (unpaired) electrons. The lowest BCUT2D eigenvalue weighted by atomic mass is 9.99. The molecule has 5 nitrogen and oxygen atoms in total. The molecule has 1 N–H and O–H groups in total. The molecule has 2 atom stereocenters. The Balaban J connectivity index is 3.44. The van der Waals surface area contributed by atoms with E-state index in [1.54, 1.807) is 0 Å². The maximum absolute atomic E-state index is 12.2. The number of carbonyl (C=O) groups excluding carboxylic acids is 2. The van der Waals surface area contributed by atoms with Crippen molar-refractivity contribution in [2.45, 2.75) is 271 Å². The minimum absolute atomic E-state index is 0.0568. The fourth-order valence-electron chi connectivity index (χ4n) is 7.24. The first kappa shape index (κ1) is 50.9. The summed E-state index contributed by atoms with van der Waals surface area (Å²) in [5, 5.41) is 9.59. The van der Waals surface area contributed by atoms with Gasteiger partial charge >= 0.3 is 11.9 Å². The van der Waals surface area contributed by atoms with Gasteiger partial charge in [-0.1, -0.05) is 239 Å². The zero-order valence-corrected chi connectivity index (χ0v) is 35.5. The van der Waals surface area contributed by atoms with Crippen LogP contribution in [-0.2, 0) is 19.1 Å². The molecule has 0 saturated carbocycles. The van der Waals surface area contributed by atoms with Crippen molar-refractivity contribution < 1.29 is 24.2 Å². The quantitative estimate of drug-likeness (QED) is 0.0498. The summed E-state index contributed by atoms with van der Waals surface area (Å²) in [7, 11) is 0. The predicted molar refractivity (Wildman–Crippen MR) is 224 cm³/mol. The van der Waals surface area contributed by atoms with Gasteiger partial charge in [0.15, 0.2) is 6.10 Å². The molecule has 0 aliphatic heterocycles. The maximum Gasteiger partial charge on any atom is 0.306 e. The van der Waals surface area contributed by atoms with E-state index in [4.69, 9.17) is 9.47 Å². The molecule has 0 aliphatic rings. The average molecular weight is 737 g/mol. The van der Waals surface area contributed by atoms with E-state index < -0.39 is 6.10 Å². The Bertz CT molecular complexity index is 725. The zero-order chi connectivity index (χ0) is 38.0. The third-order valence-corrected chi connectivity index (χ3v) is 11.2. The van der Waals surface area contributed by atoms with Crippen LogP contribution in [-0.4, -0.2) is 36.4 Å². The Morgan fingerprint density at radius 2 is 0.750 bits per heavy atom. The molecule has 1 unspecified atom stereocenters. The lowest BCUT2D eigenvalue weighted by Gasteiger charge is -2.15. The molecule has 0 aliphatic carbocycles. The summed E-state index contributed by atoms with van der Waals surface area (Å²) in [5.74, 6) is 0.345. The van der Waals surface area contributed by atoms with Crippen LogP contribution in [0.4, 0.5) is 0 Å². The molecule has 0 saturated heterocycles. The van der Waals surface area contributed by atoms with Crippen LogP contribution in [0.1, 0.15) is 265 Å². The molecule has 0 fully saturated rings. The normalized spacial score (nSPS) is 12.6. The summed E-state index contributed by atoms with van der Waals surface area (Å²) in [6.07, 6.45) is 47.5. The van der Waals surface area contributed by atoms with Gasteiger partial charge in [-0.25, -0.2) is 0 Å². The molecule has 52 heavy (non-hydrogen) atoms. The Kier molecular flexibility index (Phi) is 41.7. The van der Waals surface area contributed by atoms with Crippen LogP contribution in [0.15, 0.2) is 0 Å². The van der Waals surface area contributed by atoms with E-state index in [0.29, 0.717) is 12.8 Å². The van der Waals surface area contributed by atoms with Gasteiger partial charge in [0, 0.05) is 12.8 Å². The van der Waals surface area contributed by atoms with E-state index in [-0.39, 0.29) is 25.2 Å². The van der Waals surface area contributed by atoms with E-state index in [0.717, 1.165) is 38.0 Å². The minimum Gasteiger partial charge on any atom is -0.462 e. The van der Waals surface area contributed by atoms with Crippen molar-refractivity contribution in [1.82, 2.24) is 0 Å². The predicted octanol–water partition coefficient (Wildman–Crippen LogP) is 14.9. The summed E-state index contributed by atoms with van der Waals surface area (Å²) < 4.78 is 10.7. The second-order valence-corrected chi connectivity index (χ2v) is 16.4. The van der Waals surface area contributed by atoms with Gasteiger partial charge in [-0.15, -0.1) is 0 Å². The standard InChI is InChI=1S/C47H92O5/c1-4-6-7-8-9-10-11-12-13-19-23-26-29-32-35-38-41-47(50)52-45(42-48)43-51-46(49)40-37-34-31-28-25-22-20-17-15-14-16-18-21-24-27-30-33-36-39-44(3)5-2/h44-45,48H,4-43H2,1-3H3/t44?,45-/m0/s1. The first-order valence-corrected chi connectivity index (χ1v) is 23.5. The average Bonchev–Trinajstić information content (AvgIpc) is 3.15. The van der Waals surface area contributed by atoms with E-state index >= 15 is 0 Å². The zero-order valence-electron chi connectivity index (χ0n) is 35.5. The highest BCUT2D eigenvalue weighted by Gasteiger charge is 2.16. The maximum atomic E-state index is 12.2. The Morgan fingerprint density at radius 1 is 0.442 bits per heavy atom. The lowest BCUT2D eigenvalue weighted by Crippen LogP contribution is -2.28. The molecule has 0 amide bonds. The van der Waals surface area contributed by atoms with Gasteiger partial charge in [0.1, 0.15) is 6.61 Å². The van der Waals surface area contributed by atoms with Crippen LogP contribution in [0.5, 0.6) is 0 Å². The Hall–Kier alpha value is -1.10. The molecule has 310 valence electrons. The number of hydrogen-bond donors (Lipinski definition) is 1. The number of carbonyl (C=O) groups is 2. The molecule has 5 heteroatoms. The van der Waals surface area contributed by atoms with Crippen molar-refractivity contribution in [3.05, 3.63) is 0 Å². The van der Waals surface area contributed by atoms with Crippen molar-refractivity contribution in [3.8, 4) is 0 Å². The minimum atomic E-state index is -0.763. The van der Waals surface area contributed by atoms with Crippen LogP contribution >= 0.6 is 0 Å². The molecule has 0 aromatic rings. The van der Waals surface area contributed by atoms with Crippen molar-refractivity contribution in [2.24, 2.45) is 5.92 Å². The number of rotatable bonds is 43. The van der Waals surface area contributed by atoms with Gasteiger partial charge in [-0.05, 0) is 18.8 Å².